The molecule has 3 heteroatoms. The van der Waals surface area contributed by atoms with Crippen molar-refractivity contribution in [2.45, 2.75) is 0 Å². The van der Waals surface area contributed by atoms with Crippen molar-refractivity contribution < 1.29 is 4.48 Å². The lowest BCUT2D eigenvalue weighted by molar-refractivity contribution is -0.523. The first-order valence-corrected chi connectivity index (χ1v) is 3.57. The smallest absolute Gasteiger partial charge is 0.281 e. The van der Waals surface area contributed by atoms with Crippen molar-refractivity contribution >= 4 is 27.6 Å². The van der Waals surface area contributed by atoms with Crippen molar-refractivity contribution in [2.75, 3.05) is 0 Å². The van der Waals surface area contributed by atoms with Crippen LogP contribution in [0.3, 0.4) is 0 Å². The summed E-state index contributed by atoms with van der Waals surface area (Å²) in [4.78, 5) is 0. The Balaban J connectivity index is 2.83. The molecule has 0 saturated heterocycles. The van der Waals surface area contributed by atoms with Crippen molar-refractivity contribution in [2.24, 2.45) is 0 Å². The maximum absolute atomic E-state index is 2.19. The molecule has 1 aromatic heterocycles. The van der Waals surface area contributed by atoms with E-state index in [0.717, 1.165) is 0 Å². The lowest BCUT2D eigenvalue weighted by Gasteiger charge is -1.82. The van der Waals surface area contributed by atoms with Crippen LogP contribution in [-0.2, 0) is 0 Å². The second-order valence-corrected chi connectivity index (χ2v) is 1.98. The van der Waals surface area contributed by atoms with E-state index in [1.807, 2.05) is 40.3 Å². The Kier molecular flexibility index (Phi) is 2.33. The summed E-state index contributed by atoms with van der Waals surface area (Å²) in [5, 5.41) is 1.97. The minimum atomic E-state index is 1.97. The van der Waals surface area contributed by atoms with E-state index in [9.17, 15) is 0 Å². The molecular weight excluding hydrogens is 212 g/mol. The zero-order chi connectivity index (χ0) is 5.82. The van der Waals surface area contributed by atoms with E-state index < -0.39 is 0 Å². The highest BCUT2D eigenvalue weighted by Gasteiger charge is 1.96. The van der Waals surface area contributed by atoms with Crippen LogP contribution in [0.5, 0.6) is 0 Å². The van der Waals surface area contributed by atoms with Crippen molar-refractivity contribution in [1.29, 1.82) is 0 Å². The fourth-order valence-corrected chi connectivity index (χ4v) is 0.848. The second kappa shape index (κ2) is 3.07. The molecule has 0 saturated carbocycles. The van der Waals surface area contributed by atoms with E-state index >= 15 is 0 Å². The van der Waals surface area contributed by atoms with Gasteiger partial charge in [-0.15, -0.1) is 0 Å². The van der Waals surface area contributed by atoms with Crippen LogP contribution in [0.25, 0.3) is 0 Å². The standard InChI is InChI=1S/C5H5BIN/c7-6-8-4-2-1-3-5-8/h1-5H/q+1. The Morgan fingerprint density at radius 3 is 2.12 bits per heavy atom. The number of rotatable bonds is 1. The Bertz CT molecular complexity index is 154. The average molecular weight is 217 g/mol. The summed E-state index contributed by atoms with van der Waals surface area (Å²) in [6.45, 7) is 0. The summed E-state index contributed by atoms with van der Waals surface area (Å²) >= 11 is 2.19. The molecule has 1 aromatic rings. The van der Waals surface area contributed by atoms with Gasteiger partial charge in [0, 0.05) is 0 Å². The predicted octanol–water partition coefficient (Wildman–Crippen LogP) is 0.791. The quantitative estimate of drug-likeness (QED) is 0.483. The summed E-state index contributed by atoms with van der Waals surface area (Å²) in [7, 11) is 0. The van der Waals surface area contributed by atoms with Crippen LogP contribution >= 0.6 is 22.4 Å². The van der Waals surface area contributed by atoms with Gasteiger partial charge in [-0.1, -0.05) is 6.07 Å². The molecule has 0 amide bonds. The molecule has 8 heavy (non-hydrogen) atoms. The summed E-state index contributed by atoms with van der Waals surface area (Å²) in [6, 6.07) is 5.99. The number of nitrogens with zero attached hydrogens (tertiary/aromatic N) is 1. The third kappa shape index (κ3) is 1.47. The number of hydrogen-bond donors (Lipinski definition) is 0. The maximum Gasteiger partial charge on any atom is 0.620 e. The molecule has 0 bridgehead atoms. The molecule has 0 atom stereocenters. The van der Waals surface area contributed by atoms with Gasteiger partial charge >= 0.3 is 5.27 Å². The van der Waals surface area contributed by atoms with Gasteiger partial charge in [-0.3, -0.25) is 4.48 Å². The van der Waals surface area contributed by atoms with Crippen LogP contribution in [0, 0.1) is 0 Å². The highest BCUT2D eigenvalue weighted by atomic mass is 127. The van der Waals surface area contributed by atoms with Crippen LogP contribution in [-0.4, -0.2) is 5.27 Å². The van der Waals surface area contributed by atoms with Gasteiger partial charge in [0.15, 0.2) is 0 Å². The minimum Gasteiger partial charge on any atom is -0.281 e. The van der Waals surface area contributed by atoms with Crippen molar-refractivity contribution in [1.82, 2.24) is 0 Å². The second-order valence-electron chi connectivity index (χ2n) is 1.42. The molecule has 1 heterocycles. The molecule has 0 spiro atoms. The lowest BCUT2D eigenvalue weighted by Crippen LogP contribution is -2.34. The van der Waals surface area contributed by atoms with Gasteiger partial charge in [0.2, 0.25) is 0 Å². The zero-order valence-electron chi connectivity index (χ0n) is 4.29. The van der Waals surface area contributed by atoms with Crippen molar-refractivity contribution in [3.63, 3.8) is 0 Å². The van der Waals surface area contributed by atoms with Crippen molar-refractivity contribution in [3.05, 3.63) is 30.6 Å². The van der Waals surface area contributed by atoms with E-state index in [0.29, 0.717) is 0 Å². The van der Waals surface area contributed by atoms with Crippen LogP contribution in [0.4, 0.5) is 0 Å². The molecule has 1 rings (SSSR count). The molecule has 0 aliphatic rings. The Labute approximate surface area is 62.9 Å². The third-order valence-corrected chi connectivity index (χ3v) is 1.49. The van der Waals surface area contributed by atoms with E-state index in [-0.39, 0.29) is 0 Å². The molecule has 0 fully saturated rings. The highest BCUT2D eigenvalue weighted by molar-refractivity contribution is 14.1. The van der Waals surface area contributed by atoms with Crippen molar-refractivity contribution in [3.8, 4) is 0 Å². The first kappa shape index (κ1) is 6.07. The molecule has 0 aromatic carbocycles. The molecule has 1 nitrogen and oxygen atoms in total. The minimum absolute atomic E-state index is 1.97. The molecular formula is C5H5BIN+. The summed E-state index contributed by atoms with van der Waals surface area (Å²) in [6.07, 6.45) is 3.98. The summed E-state index contributed by atoms with van der Waals surface area (Å²) < 4.78 is 1.99. The Hall–Kier alpha value is -0.0551. The normalized spacial score (nSPS) is 8.62. The number of pyridine rings is 1. The molecule has 1 radical (unpaired) electrons. The lowest BCUT2D eigenvalue weighted by atomic mass is 10.3. The first-order valence-electron chi connectivity index (χ1n) is 2.33. The Morgan fingerprint density at radius 2 is 1.75 bits per heavy atom. The molecule has 0 aliphatic heterocycles. The number of halogens is 1. The van der Waals surface area contributed by atoms with Crippen LogP contribution in [0.2, 0.25) is 0 Å². The fourth-order valence-electron chi connectivity index (χ4n) is 0.477. The number of aromatic nitrogens is 1. The topological polar surface area (TPSA) is 3.88 Å². The molecule has 0 N–H and O–H groups in total. The largest absolute Gasteiger partial charge is 0.620 e. The molecule has 0 aliphatic carbocycles. The summed E-state index contributed by atoms with van der Waals surface area (Å²) in [5.74, 6) is 0. The maximum atomic E-state index is 2.19. The highest BCUT2D eigenvalue weighted by Crippen LogP contribution is 1.76. The van der Waals surface area contributed by atoms with Gasteiger partial charge in [0.05, 0.1) is 0 Å². The van der Waals surface area contributed by atoms with Gasteiger partial charge in [0.1, 0.15) is 12.4 Å². The average Bonchev–Trinajstić information content (AvgIpc) is 1.90. The van der Waals surface area contributed by atoms with Gasteiger partial charge < -0.3 is 0 Å². The number of hydrogen-bond acceptors (Lipinski definition) is 0. The van der Waals surface area contributed by atoms with Gasteiger partial charge in [0.25, 0.3) is 0 Å². The van der Waals surface area contributed by atoms with Crippen LogP contribution in [0.1, 0.15) is 0 Å². The van der Waals surface area contributed by atoms with Crippen LogP contribution < -0.4 is 4.48 Å². The van der Waals surface area contributed by atoms with E-state index in [4.69, 9.17) is 0 Å². The van der Waals surface area contributed by atoms with E-state index in [1.54, 1.807) is 0 Å². The Morgan fingerprint density at radius 1 is 1.12 bits per heavy atom. The van der Waals surface area contributed by atoms with E-state index in [1.165, 1.54) is 0 Å². The molecule has 0 unspecified atom stereocenters. The van der Waals surface area contributed by atoms with Gasteiger partial charge in [-0.05, 0) is 34.5 Å². The fraction of sp³-hybridized carbons (Fsp3) is 0. The monoisotopic (exact) mass is 217 g/mol. The third-order valence-electron chi connectivity index (χ3n) is 0.851. The molecule has 39 valence electrons. The van der Waals surface area contributed by atoms with Crippen LogP contribution in [0.15, 0.2) is 30.6 Å². The summed E-state index contributed by atoms with van der Waals surface area (Å²) in [5.41, 5.74) is 0. The first-order chi connectivity index (χ1) is 3.93. The van der Waals surface area contributed by atoms with E-state index in [2.05, 4.69) is 22.4 Å². The SMILES string of the molecule is I[B][n+]1ccccc1. The predicted molar refractivity (Wildman–Crippen MR) is 41.8 cm³/mol. The van der Waals surface area contributed by atoms with Gasteiger partial charge in [-0.25, -0.2) is 0 Å². The van der Waals surface area contributed by atoms with Gasteiger partial charge in [-0.2, -0.15) is 0 Å². The zero-order valence-corrected chi connectivity index (χ0v) is 6.45.